The molecule has 0 aromatic carbocycles. The lowest BCUT2D eigenvalue weighted by Gasteiger charge is -2.13. The highest BCUT2D eigenvalue weighted by molar-refractivity contribution is 5.62. The topological polar surface area (TPSA) is 58.4 Å². The van der Waals surface area contributed by atoms with Gasteiger partial charge in [0.1, 0.15) is 5.82 Å². The number of likely N-dealkylation sites (N-methyl/N-ethyl adjacent to an activating group) is 1. The Morgan fingerprint density at radius 3 is 3.06 bits per heavy atom. The first kappa shape index (κ1) is 10.5. The normalized spacial score (nSPS) is 21.2. The molecule has 90 valence electrons. The summed E-state index contributed by atoms with van der Waals surface area (Å²) >= 11 is 0. The van der Waals surface area contributed by atoms with Crippen LogP contribution in [0.25, 0.3) is 5.65 Å². The van der Waals surface area contributed by atoms with Crippen molar-refractivity contribution in [3.05, 3.63) is 18.2 Å². The molecule has 2 aromatic rings. The van der Waals surface area contributed by atoms with Crippen LogP contribution < -0.4 is 5.32 Å². The average Bonchev–Trinajstić information content (AvgIpc) is 2.88. The van der Waals surface area contributed by atoms with E-state index in [-0.39, 0.29) is 0 Å². The van der Waals surface area contributed by atoms with Gasteiger partial charge in [0, 0.05) is 25.0 Å². The Morgan fingerprint density at radius 2 is 2.29 bits per heavy atom. The molecule has 1 aliphatic heterocycles. The molecule has 0 saturated carbocycles. The number of hydrogen-bond donors (Lipinski definition) is 1. The van der Waals surface area contributed by atoms with Crippen molar-refractivity contribution in [3.63, 3.8) is 0 Å². The monoisotopic (exact) mass is 232 g/mol. The molecule has 0 radical (unpaired) electrons. The second-order valence-corrected chi connectivity index (χ2v) is 4.61. The molecule has 0 amide bonds. The van der Waals surface area contributed by atoms with Crippen LogP contribution in [0, 0.1) is 6.92 Å². The van der Waals surface area contributed by atoms with Crippen LogP contribution in [0.4, 0.5) is 5.82 Å². The summed E-state index contributed by atoms with van der Waals surface area (Å²) < 4.78 is 1.95. The summed E-state index contributed by atoms with van der Waals surface area (Å²) in [6, 6.07) is 0.454. The number of hydrogen-bond acceptors (Lipinski definition) is 5. The number of anilines is 1. The Morgan fingerprint density at radius 1 is 1.41 bits per heavy atom. The van der Waals surface area contributed by atoms with E-state index in [1.807, 2.05) is 17.5 Å². The maximum Gasteiger partial charge on any atom is 0.203 e. The van der Waals surface area contributed by atoms with Crippen LogP contribution in [-0.2, 0) is 0 Å². The van der Waals surface area contributed by atoms with Gasteiger partial charge in [-0.1, -0.05) is 0 Å². The third kappa shape index (κ3) is 1.84. The van der Waals surface area contributed by atoms with E-state index in [1.54, 1.807) is 6.20 Å². The summed E-state index contributed by atoms with van der Waals surface area (Å²) in [6.07, 6.45) is 4.81. The number of nitrogens with zero attached hydrogens (tertiary/aromatic N) is 5. The molecule has 3 heterocycles. The van der Waals surface area contributed by atoms with E-state index < -0.39 is 0 Å². The molecule has 2 aromatic heterocycles. The Kier molecular flexibility index (Phi) is 2.44. The zero-order chi connectivity index (χ0) is 11.8. The highest BCUT2D eigenvalue weighted by atomic mass is 15.3. The van der Waals surface area contributed by atoms with Gasteiger partial charge in [0.05, 0.1) is 0 Å². The second kappa shape index (κ2) is 3.96. The SMILES string of the molecule is Cc1nnc2c(NC3CCN(C)C3)nccn12. The fourth-order valence-corrected chi connectivity index (χ4v) is 2.29. The van der Waals surface area contributed by atoms with Crippen molar-refractivity contribution in [2.75, 3.05) is 25.5 Å². The third-order valence-corrected chi connectivity index (χ3v) is 3.23. The van der Waals surface area contributed by atoms with Gasteiger partial charge in [0.15, 0.2) is 5.82 Å². The van der Waals surface area contributed by atoms with Crippen LogP contribution in [0.1, 0.15) is 12.2 Å². The molecule has 1 atom stereocenters. The molecule has 1 aliphatic rings. The number of rotatable bonds is 2. The Bertz CT molecular complexity index is 534. The zero-order valence-corrected chi connectivity index (χ0v) is 10.1. The van der Waals surface area contributed by atoms with Gasteiger partial charge in [-0.05, 0) is 26.9 Å². The number of nitrogens with one attached hydrogen (secondary N) is 1. The van der Waals surface area contributed by atoms with E-state index in [0.717, 1.165) is 36.8 Å². The van der Waals surface area contributed by atoms with Crippen molar-refractivity contribution in [2.24, 2.45) is 0 Å². The van der Waals surface area contributed by atoms with Crippen molar-refractivity contribution >= 4 is 11.5 Å². The zero-order valence-electron chi connectivity index (χ0n) is 10.1. The summed E-state index contributed by atoms with van der Waals surface area (Å²) in [6.45, 7) is 4.12. The Hall–Kier alpha value is -1.69. The molecular formula is C11H16N6. The largest absolute Gasteiger partial charge is 0.363 e. The molecule has 1 fully saturated rings. The van der Waals surface area contributed by atoms with Gasteiger partial charge in [-0.3, -0.25) is 4.40 Å². The van der Waals surface area contributed by atoms with Gasteiger partial charge in [-0.15, -0.1) is 10.2 Å². The maximum atomic E-state index is 4.36. The first-order valence-corrected chi connectivity index (χ1v) is 5.85. The average molecular weight is 232 g/mol. The van der Waals surface area contributed by atoms with Crippen molar-refractivity contribution < 1.29 is 0 Å². The smallest absolute Gasteiger partial charge is 0.203 e. The number of fused-ring (bicyclic) bond motifs is 1. The van der Waals surface area contributed by atoms with Crippen molar-refractivity contribution in [1.29, 1.82) is 0 Å². The Labute approximate surface area is 99.7 Å². The molecule has 17 heavy (non-hydrogen) atoms. The minimum Gasteiger partial charge on any atom is -0.363 e. The van der Waals surface area contributed by atoms with Crippen LogP contribution in [-0.4, -0.2) is 50.7 Å². The Balaban J connectivity index is 1.90. The van der Waals surface area contributed by atoms with Gasteiger partial charge in [0.2, 0.25) is 5.65 Å². The molecule has 1 N–H and O–H groups in total. The third-order valence-electron chi connectivity index (χ3n) is 3.23. The molecule has 0 spiro atoms. The van der Waals surface area contributed by atoms with E-state index in [4.69, 9.17) is 0 Å². The first-order valence-electron chi connectivity index (χ1n) is 5.85. The van der Waals surface area contributed by atoms with E-state index in [9.17, 15) is 0 Å². The van der Waals surface area contributed by atoms with E-state index in [2.05, 4.69) is 32.4 Å². The quantitative estimate of drug-likeness (QED) is 0.819. The predicted molar refractivity (Wildman–Crippen MR) is 65.0 cm³/mol. The van der Waals surface area contributed by atoms with Gasteiger partial charge >= 0.3 is 0 Å². The lowest BCUT2D eigenvalue weighted by atomic mass is 10.2. The van der Waals surface area contributed by atoms with Crippen molar-refractivity contribution in [2.45, 2.75) is 19.4 Å². The first-order chi connectivity index (χ1) is 8.24. The molecule has 1 saturated heterocycles. The molecule has 6 heteroatoms. The minimum absolute atomic E-state index is 0.454. The molecule has 0 aliphatic carbocycles. The van der Waals surface area contributed by atoms with Gasteiger partial charge < -0.3 is 10.2 Å². The van der Waals surface area contributed by atoms with Crippen LogP contribution in [0.3, 0.4) is 0 Å². The lowest BCUT2D eigenvalue weighted by molar-refractivity contribution is 0.414. The van der Waals surface area contributed by atoms with Crippen LogP contribution in [0.2, 0.25) is 0 Å². The molecule has 6 nitrogen and oxygen atoms in total. The van der Waals surface area contributed by atoms with Crippen molar-refractivity contribution in [3.8, 4) is 0 Å². The highest BCUT2D eigenvalue weighted by Gasteiger charge is 2.20. The predicted octanol–water partition coefficient (Wildman–Crippen LogP) is 0.549. The van der Waals surface area contributed by atoms with E-state index in [1.165, 1.54) is 0 Å². The standard InChI is InChI=1S/C11H16N6/c1-8-14-15-11-10(12-4-6-17(8)11)13-9-3-5-16(2)7-9/h4,6,9H,3,5,7H2,1-2H3,(H,12,13). The molecule has 0 bridgehead atoms. The highest BCUT2D eigenvalue weighted by Crippen LogP contribution is 2.16. The summed E-state index contributed by atoms with van der Waals surface area (Å²) in [7, 11) is 2.14. The maximum absolute atomic E-state index is 4.36. The van der Waals surface area contributed by atoms with Gasteiger partial charge in [-0.25, -0.2) is 4.98 Å². The summed E-state index contributed by atoms with van der Waals surface area (Å²) in [4.78, 5) is 6.67. The van der Waals surface area contributed by atoms with Crippen LogP contribution in [0.15, 0.2) is 12.4 Å². The summed E-state index contributed by atoms with van der Waals surface area (Å²) in [5.74, 6) is 1.71. The van der Waals surface area contributed by atoms with Crippen LogP contribution >= 0.6 is 0 Å². The summed E-state index contributed by atoms with van der Waals surface area (Å²) in [5, 5.41) is 11.7. The number of aryl methyl sites for hydroxylation is 1. The fourth-order valence-electron chi connectivity index (χ4n) is 2.29. The van der Waals surface area contributed by atoms with E-state index in [0.29, 0.717) is 6.04 Å². The minimum atomic E-state index is 0.454. The number of aromatic nitrogens is 4. The van der Waals surface area contributed by atoms with Crippen molar-refractivity contribution in [1.82, 2.24) is 24.5 Å². The lowest BCUT2D eigenvalue weighted by Crippen LogP contribution is -2.24. The van der Waals surface area contributed by atoms with E-state index >= 15 is 0 Å². The molecule has 1 unspecified atom stereocenters. The fraction of sp³-hybridized carbons (Fsp3) is 0.545. The second-order valence-electron chi connectivity index (χ2n) is 4.61. The number of likely N-dealkylation sites (tertiary alicyclic amines) is 1. The molecular weight excluding hydrogens is 216 g/mol. The van der Waals surface area contributed by atoms with Gasteiger partial charge in [-0.2, -0.15) is 0 Å². The summed E-state index contributed by atoms with van der Waals surface area (Å²) in [5.41, 5.74) is 0.805. The van der Waals surface area contributed by atoms with Crippen LogP contribution in [0.5, 0.6) is 0 Å². The van der Waals surface area contributed by atoms with Gasteiger partial charge in [0.25, 0.3) is 0 Å². The molecule has 3 rings (SSSR count).